The van der Waals surface area contributed by atoms with Crippen LogP contribution in [0, 0.1) is 0 Å². The van der Waals surface area contributed by atoms with Crippen molar-refractivity contribution in [1.82, 2.24) is 10.6 Å². The molecule has 0 aliphatic heterocycles. The molecule has 0 rings (SSSR count). The summed E-state index contributed by atoms with van der Waals surface area (Å²) in [4.78, 5) is 32.5. The highest BCUT2D eigenvalue weighted by atomic mass is 16.4. The minimum atomic E-state index is -0.846. The van der Waals surface area contributed by atoms with Crippen molar-refractivity contribution >= 4 is 17.8 Å². The summed E-state index contributed by atoms with van der Waals surface area (Å²) in [5.74, 6) is -1.07. The quantitative estimate of drug-likeness (QED) is 0.507. The molecule has 0 bridgehead atoms. The molecule has 0 heterocycles. The predicted molar refractivity (Wildman–Crippen MR) is 62.4 cm³/mol. The molecule has 6 heteroatoms. The van der Waals surface area contributed by atoms with Crippen molar-refractivity contribution in [2.75, 3.05) is 13.1 Å². The van der Waals surface area contributed by atoms with Crippen LogP contribution in [0.5, 0.6) is 0 Å². The van der Waals surface area contributed by atoms with Crippen molar-refractivity contribution in [3.8, 4) is 0 Å². The lowest BCUT2D eigenvalue weighted by Gasteiger charge is -2.04. The highest BCUT2D eigenvalue weighted by Crippen LogP contribution is 1.99. The van der Waals surface area contributed by atoms with Gasteiger partial charge in [0.05, 0.1) is 0 Å². The molecule has 0 aromatic rings. The predicted octanol–water partition coefficient (Wildman–Crippen LogP) is 0.274. The van der Waals surface area contributed by atoms with Gasteiger partial charge in [-0.3, -0.25) is 14.4 Å². The molecule has 0 spiro atoms. The van der Waals surface area contributed by atoms with Crippen LogP contribution in [-0.4, -0.2) is 36.0 Å². The molecule has 6 nitrogen and oxygen atoms in total. The molecule has 0 aromatic heterocycles. The van der Waals surface area contributed by atoms with Crippen molar-refractivity contribution in [2.24, 2.45) is 0 Å². The number of carboxylic acids is 1. The van der Waals surface area contributed by atoms with E-state index in [1.54, 1.807) is 0 Å². The number of hydrogen-bond acceptors (Lipinski definition) is 3. The summed E-state index contributed by atoms with van der Waals surface area (Å²) in [5.41, 5.74) is 0. The van der Waals surface area contributed by atoms with Crippen molar-refractivity contribution in [3.05, 3.63) is 0 Å². The molecule has 0 fully saturated rings. The zero-order chi connectivity index (χ0) is 13.1. The van der Waals surface area contributed by atoms with Gasteiger partial charge in [-0.25, -0.2) is 0 Å². The van der Waals surface area contributed by atoms with Crippen LogP contribution in [0.1, 0.15) is 39.0 Å². The minimum absolute atomic E-state index is 0.0846. The number of aliphatic carboxylic acids is 1. The third kappa shape index (κ3) is 10.7. The van der Waals surface area contributed by atoms with E-state index >= 15 is 0 Å². The Kier molecular flexibility index (Phi) is 8.72. The lowest BCUT2D eigenvalue weighted by molar-refractivity contribution is -0.137. The van der Waals surface area contributed by atoms with E-state index in [1.807, 2.05) is 6.92 Å². The lowest BCUT2D eigenvalue weighted by atomic mass is 10.2. The molecule has 0 aliphatic carbocycles. The van der Waals surface area contributed by atoms with E-state index in [1.165, 1.54) is 0 Å². The van der Waals surface area contributed by atoms with Gasteiger partial charge in [-0.05, 0) is 19.8 Å². The zero-order valence-electron chi connectivity index (χ0n) is 10.1. The summed E-state index contributed by atoms with van der Waals surface area (Å²) in [6.07, 6.45) is 1.72. The number of amides is 2. The Morgan fingerprint density at radius 2 is 1.53 bits per heavy atom. The smallest absolute Gasteiger partial charge is 0.303 e. The van der Waals surface area contributed by atoms with Crippen molar-refractivity contribution in [3.63, 3.8) is 0 Å². The Morgan fingerprint density at radius 1 is 0.941 bits per heavy atom. The molecular weight excluding hydrogens is 224 g/mol. The second-order valence-corrected chi connectivity index (χ2v) is 3.65. The van der Waals surface area contributed by atoms with Crippen LogP contribution in [0.15, 0.2) is 0 Å². The van der Waals surface area contributed by atoms with E-state index in [4.69, 9.17) is 5.11 Å². The molecule has 17 heavy (non-hydrogen) atoms. The summed E-state index contributed by atoms with van der Waals surface area (Å²) in [6.45, 7) is 2.74. The van der Waals surface area contributed by atoms with E-state index in [9.17, 15) is 14.4 Å². The van der Waals surface area contributed by atoms with E-state index in [0.717, 1.165) is 0 Å². The van der Waals surface area contributed by atoms with Gasteiger partial charge in [0, 0.05) is 32.4 Å². The monoisotopic (exact) mass is 244 g/mol. The minimum Gasteiger partial charge on any atom is -0.481 e. The maximum Gasteiger partial charge on any atom is 0.303 e. The van der Waals surface area contributed by atoms with Gasteiger partial charge < -0.3 is 15.7 Å². The van der Waals surface area contributed by atoms with Gasteiger partial charge >= 0.3 is 5.97 Å². The van der Waals surface area contributed by atoms with Gasteiger partial charge in [-0.1, -0.05) is 0 Å². The molecule has 98 valence electrons. The highest BCUT2D eigenvalue weighted by Gasteiger charge is 2.04. The third-order valence-electron chi connectivity index (χ3n) is 2.09. The lowest BCUT2D eigenvalue weighted by Crippen LogP contribution is -2.30. The van der Waals surface area contributed by atoms with Gasteiger partial charge in [0.2, 0.25) is 11.8 Å². The van der Waals surface area contributed by atoms with Gasteiger partial charge in [0.1, 0.15) is 0 Å². The van der Waals surface area contributed by atoms with Crippen molar-refractivity contribution in [1.29, 1.82) is 0 Å². The fourth-order valence-electron chi connectivity index (χ4n) is 1.25. The summed E-state index contributed by atoms with van der Waals surface area (Å²) in [5, 5.41) is 13.6. The van der Waals surface area contributed by atoms with E-state index in [2.05, 4.69) is 10.6 Å². The summed E-state index contributed by atoms with van der Waals surface area (Å²) in [6, 6.07) is 0. The van der Waals surface area contributed by atoms with Crippen LogP contribution < -0.4 is 10.6 Å². The second kappa shape index (κ2) is 9.62. The summed E-state index contributed by atoms with van der Waals surface area (Å²) in [7, 11) is 0. The molecule has 0 aliphatic rings. The fourth-order valence-corrected chi connectivity index (χ4v) is 1.25. The number of carboxylic acid groups (broad SMARTS) is 1. The fraction of sp³-hybridized carbons (Fsp3) is 0.727. The highest BCUT2D eigenvalue weighted by molar-refractivity contribution is 5.78. The Bertz CT molecular complexity index is 266. The molecule has 0 radical (unpaired) electrons. The van der Waals surface area contributed by atoms with Gasteiger partial charge in [-0.2, -0.15) is 0 Å². The summed E-state index contributed by atoms with van der Waals surface area (Å²) < 4.78 is 0. The third-order valence-corrected chi connectivity index (χ3v) is 2.09. The normalized spacial score (nSPS) is 9.71. The summed E-state index contributed by atoms with van der Waals surface area (Å²) >= 11 is 0. The average molecular weight is 244 g/mol. The SMILES string of the molecule is CCNC(=O)CCNC(=O)CCCCC(=O)O. The molecule has 3 N–H and O–H groups in total. The Balaban J connectivity index is 3.40. The Hall–Kier alpha value is -1.59. The molecule has 2 amide bonds. The second-order valence-electron chi connectivity index (χ2n) is 3.65. The topological polar surface area (TPSA) is 95.5 Å². The van der Waals surface area contributed by atoms with Crippen molar-refractivity contribution < 1.29 is 19.5 Å². The number of unbranched alkanes of at least 4 members (excludes halogenated alkanes) is 1. The first-order valence-electron chi connectivity index (χ1n) is 5.81. The first-order valence-corrected chi connectivity index (χ1v) is 5.81. The first-order chi connectivity index (χ1) is 8.06. The number of hydrogen-bond donors (Lipinski definition) is 3. The van der Waals surface area contributed by atoms with Gasteiger partial charge in [0.25, 0.3) is 0 Å². The van der Waals surface area contributed by atoms with Crippen LogP contribution in [-0.2, 0) is 14.4 Å². The van der Waals surface area contributed by atoms with E-state index in [-0.39, 0.29) is 24.7 Å². The molecule has 0 saturated heterocycles. The standard InChI is InChI=1S/C11H20N2O4/c1-2-12-10(15)7-8-13-9(14)5-3-4-6-11(16)17/h2-8H2,1H3,(H,12,15)(H,13,14)(H,16,17). The average Bonchev–Trinajstić information content (AvgIpc) is 2.24. The van der Waals surface area contributed by atoms with Crippen molar-refractivity contribution in [2.45, 2.75) is 39.0 Å². The Morgan fingerprint density at radius 3 is 2.12 bits per heavy atom. The van der Waals surface area contributed by atoms with Gasteiger partial charge in [0.15, 0.2) is 0 Å². The van der Waals surface area contributed by atoms with Crippen LogP contribution in [0.25, 0.3) is 0 Å². The van der Waals surface area contributed by atoms with Crippen LogP contribution in [0.4, 0.5) is 0 Å². The number of carbonyl (C=O) groups is 3. The van der Waals surface area contributed by atoms with E-state index < -0.39 is 5.97 Å². The molecule has 0 aromatic carbocycles. The molecule has 0 saturated carbocycles. The van der Waals surface area contributed by atoms with E-state index in [0.29, 0.717) is 32.4 Å². The van der Waals surface area contributed by atoms with Crippen LogP contribution in [0.2, 0.25) is 0 Å². The van der Waals surface area contributed by atoms with Crippen LogP contribution in [0.3, 0.4) is 0 Å². The largest absolute Gasteiger partial charge is 0.481 e. The number of rotatable bonds is 9. The maximum atomic E-state index is 11.2. The number of nitrogens with one attached hydrogen (secondary N) is 2. The molecule has 0 atom stereocenters. The molecular formula is C11H20N2O4. The molecule has 0 unspecified atom stereocenters. The maximum absolute atomic E-state index is 11.2. The number of carbonyl (C=O) groups excluding carboxylic acids is 2. The Labute approximate surface area is 101 Å². The first kappa shape index (κ1) is 15.4. The van der Waals surface area contributed by atoms with Gasteiger partial charge in [-0.15, -0.1) is 0 Å². The zero-order valence-corrected chi connectivity index (χ0v) is 10.1. The van der Waals surface area contributed by atoms with Crippen LogP contribution >= 0.6 is 0 Å².